The smallest absolute Gasteiger partial charge is 0.347 e. The molecule has 0 aliphatic heterocycles. The Bertz CT molecular complexity index is 836. The summed E-state index contributed by atoms with van der Waals surface area (Å²) in [7, 11) is -3.60. The molecule has 0 saturated carbocycles. The van der Waals surface area contributed by atoms with E-state index in [0.717, 1.165) is 0 Å². The van der Waals surface area contributed by atoms with Gasteiger partial charge in [0.15, 0.2) is 0 Å². The topological polar surface area (TPSA) is 75.3 Å². The molecule has 0 saturated heterocycles. The monoisotopic (exact) mass is 386 g/mol. The molecule has 2 rings (SSSR count). The van der Waals surface area contributed by atoms with E-state index in [-0.39, 0.29) is 12.2 Å². The van der Waals surface area contributed by atoms with Crippen molar-refractivity contribution in [3.8, 4) is 0 Å². The average Bonchev–Trinajstić information content (AvgIpc) is 2.54. The summed E-state index contributed by atoms with van der Waals surface area (Å²) in [6.45, 7) is -1.39. The molecule has 0 aromatic heterocycles. The number of carbonyl (C=O) groups excluding carboxylic acids is 1. The Morgan fingerprint density at radius 2 is 1.54 bits per heavy atom. The lowest BCUT2D eigenvalue weighted by Crippen LogP contribution is -2.34. The minimum Gasteiger partial charge on any atom is -0.347 e. The Kier molecular flexibility index (Phi) is 6.25. The van der Waals surface area contributed by atoms with Gasteiger partial charge in [0.05, 0.1) is 12.2 Å². The second-order valence-electron chi connectivity index (χ2n) is 5.61. The fraction of sp³-hybridized carbons (Fsp3) is 0.235. The highest BCUT2D eigenvalue weighted by molar-refractivity contribution is 7.91. The quantitative estimate of drug-likeness (QED) is 0.768. The van der Waals surface area contributed by atoms with Crippen LogP contribution in [0.3, 0.4) is 0 Å². The van der Waals surface area contributed by atoms with Crippen molar-refractivity contribution >= 4 is 21.6 Å². The standard InChI is InChI=1S/C17H17F3N2O3S/c18-17(19,20)12-21-16(23)10-13-6-8-15(9-7-13)22-26(24,25)11-14-4-2-1-3-5-14/h1-9,22H,10-12H2,(H,21,23). The van der Waals surface area contributed by atoms with Crippen LogP contribution in [0.5, 0.6) is 0 Å². The second-order valence-corrected chi connectivity index (χ2v) is 7.33. The SMILES string of the molecule is O=C(Cc1ccc(NS(=O)(=O)Cc2ccccc2)cc1)NCC(F)(F)F. The summed E-state index contributed by atoms with van der Waals surface area (Å²) in [5.41, 5.74) is 1.41. The Morgan fingerprint density at radius 3 is 2.12 bits per heavy atom. The molecule has 26 heavy (non-hydrogen) atoms. The van der Waals surface area contributed by atoms with Crippen molar-refractivity contribution in [2.24, 2.45) is 0 Å². The van der Waals surface area contributed by atoms with Gasteiger partial charge in [0.1, 0.15) is 6.54 Å². The Hall–Kier alpha value is -2.55. The molecule has 0 aliphatic carbocycles. The van der Waals surface area contributed by atoms with E-state index in [1.54, 1.807) is 35.6 Å². The molecule has 140 valence electrons. The summed E-state index contributed by atoms with van der Waals surface area (Å²) in [4.78, 5) is 11.5. The summed E-state index contributed by atoms with van der Waals surface area (Å²) < 4.78 is 62.8. The number of rotatable bonds is 7. The van der Waals surface area contributed by atoms with Gasteiger partial charge in [0.25, 0.3) is 0 Å². The Balaban J connectivity index is 1.91. The third kappa shape index (κ3) is 7.14. The van der Waals surface area contributed by atoms with Crippen LogP contribution in [0.4, 0.5) is 18.9 Å². The molecule has 2 N–H and O–H groups in total. The lowest BCUT2D eigenvalue weighted by Gasteiger charge is -2.10. The first-order chi connectivity index (χ1) is 12.1. The third-order valence-corrected chi connectivity index (χ3v) is 4.54. The van der Waals surface area contributed by atoms with E-state index in [1.165, 1.54) is 24.3 Å². The van der Waals surface area contributed by atoms with Crippen molar-refractivity contribution in [2.75, 3.05) is 11.3 Å². The van der Waals surface area contributed by atoms with Crippen LogP contribution in [0.25, 0.3) is 0 Å². The summed E-state index contributed by atoms with van der Waals surface area (Å²) in [5, 5.41) is 1.78. The van der Waals surface area contributed by atoms with Crippen LogP contribution in [0.1, 0.15) is 11.1 Å². The maximum absolute atomic E-state index is 12.1. The zero-order chi connectivity index (χ0) is 19.2. The first-order valence-electron chi connectivity index (χ1n) is 7.60. The van der Waals surface area contributed by atoms with Crippen LogP contribution in [0, 0.1) is 0 Å². The van der Waals surface area contributed by atoms with Crippen LogP contribution in [-0.4, -0.2) is 27.0 Å². The van der Waals surface area contributed by atoms with Crippen LogP contribution in [0.15, 0.2) is 54.6 Å². The van der Waals surface area contributed by atoms with E-state index in [1.807, 2.05) is 0 Å². The predicted octanol–water partition coefficient (Wildman–Crippen LogP) is 2.85. The number of alkyl halides is 3. The number of hydrogen-bond donors (Lipinski definition) is 2. The van der Waals surface area contributed by atoms with Crippen molar-refractivity contribution < 1.29 is 26.4 Å². The second kappa shape index (κ2) is 8.22. The van der Waals surface area contributed by atoms with Gasteiger partial charge in [-0.25, -0.2) is 8.42 Å². The minimum atomic E-state index is -4.46. The number of nitrogens with one attached hydrogen (secondary N) is 2. The van der Waals surface area contributed by atoms with Gasteiger partial charge in [0, 0.05) is 5.69 Å². The number of carbonyl (C=O) groups is 1. The molecule has 9 heteroatoms. The number of anilines is 1. The largest absolute Gasteiger partial charge is 0.405 e. The van der Waals surface area contributed by atoms with Crippen LogP contribution < -0.4 is 10.0 Å². The van der Waals surface area contributed by atoms with Crippen LogP contribution in [0.2, 0.25) is 0 Å². The summed E-state index contributed by atoms with van der Waals surface area (Å²) in [6.07, 6.45) is -4.69. The third-order valence-electron chi connectivity index (χ3n) is 3.28. The molecular formula is C17H17F3N2O3S. The summed E-state index contributed by atoms with van der Waals surface area (Å²) in [5.74, 6) is -0.949. The van der Waals surface area contributed by atoms with Gasteiger partial charge < -0.3 is 5.32 Å². The van der Waals surface area contributed by atoms with Crippen molar-refractivity contribution in [1.29, 1.82) is 0 Å². The molecule has 0 spiro atoms. The molecule has 0 radical (unpaired) electrons. The lowest BCUT2D eigenvalue weighted by atomic mass is 10.1. The van der Waals surface area contributed by atoms with Gasteiger partial charge in [0.2, 0.25) is 15.9 Å². The fourth-order valence-electron chi connectivity index (χ4n) is 2.15. The van der Waals surface area contributed by atoms with Gasteiger partial charge in [-0.1, -0.05) is 42.5 Å². The number of hydrogen-bond acceptors (Lipinski definition) is 3. The highest BCUT2D eigenvalue weighted by Gasteiger charge is 2.27. The lowest BCUT2D eigenvalue weighted by molar-refractivity contribution is -0.138. The summed E-state index contributed by atoms with van der Waals surface area (Å²) >= 11 is 0. The van der Waals surface area contributed by atoms with Gasteiger partial charge in [-0.2, -0.15) is 13.2 Å². The minimum absolute atomic E-state index is 0.185. The highest BCUT2D eigenvalue weighted by atomic mass is 32.2. The van der Waals surface area contributed by atoms with Crippen molar-refractivity contribution in [2.45, 2.75) is 18.3 Å². The molecule has 0 bridgehead atoms. The first kappa shape index (κ1) is 19.8. The van der Waals surface area contributed by atoms with Gasteiger partial charge in [-0.3, -0.25) is 9.52 Å². The van der Waals surface area contributed by atoms with E-state index in [9.17, 15) is 26.4 Å². The molecule has 5 nitrogen and oxygen atoms in total. The predicted molar refractivity (Wildman–Crippen MR) is 91.9 cm³/mol. The number of benzene rings is 2. The Morgan fingerprint density at radius 1 is 0.923 bits per heavy atom. The summed E-state index contributed by atoms with van der Waals surface area (Å²) in [6, 6.07) is 14.5. The molecule has 2 aromatic carbocycles. The normalized spacial score (nSPS) is 11.8. The van der Waals surface area contributed by atoms with Crippen molar-refractivity contribution in [1.82, 2.24) is 5.32 Å². The number of halogens is 3. The molecule has 2 aromatic rings. The molecule has 1 amide bonds. The zero-order valence-corrected chi connectivity index (χ0v) is 14.4. The molecule has 0 unspecified atom stereocenters. The number of amides is 1. The maximum Gasteiger partial charge on any atom is 0.405 e. The molecule has 0 heterocycles. The first-order valence-corrected chi connectivity index (χ1v) is 9.25. The van der Waals surface area contributed by atoms with Gasteiger partial charge in [-0.15, -0.1) is 0 Å². The van der Waals surface area contributed by atoms with E-state index in [2.05, 4.69) is 4.72 Å². The average molecular weight is 386 g/mol. The van der Waals surface area contributed by atoms with E-state index in [0.29, 0.717) is 16.8 Å². The van der Waals surface area contributed by atoms with E-state index in [4.69, 9.17) is 0 Å². The number of sulfonamides is 1. The fourth-order valence-corrected chi connectivity index (χ4v) is 3.35. The van der Waals surface area contributed by atoms with Crippen molar-refractivity contribution in [3.05, 3.63) is 65.7 Å². The molecular weight excluding hydrogens is 369 g/mol. The zero-order valence-electron chi connectivity index (χ0n) is 13.6. The molecule has 0 aliphatic rings. The van der Waals surface area contributed by atoms with Crippen molar-refractivity contribution in [3.63, 3.8) is 0 Å². The Labute approximate surface area is 149 Å². The van der Waals surface area contributed by atoms with E-state index >= 15 is 0 Å². The van der Waals surface area contributed by atoms with Gasteiger partial charge in [-0.05, 0) is 23.3 Å². The highest BCUT2D eigenvalue weighted by Crippen LogP contribution is 2.15. The maximum atomic E-state index is 12.1. The van der Waals surface area contributed by atoms with E-state index < -0.39 is 28.7 Å². The molecule has 0 atom stereocenters. The van der Waals surface area contributed by atoms with Crippen LogP contribution in [-0.2, 0) is 27.0 Å². The van der Waals surface area contributed by atoms with Gasteiger partial charge >= 0.3 is 6.18 Å². The van der Waals surface area contributed by atoms with Crippen LogP contribution >= 0.6 is 0 Å². The molecule has 0 fully saturated rings.